The SMILES string of the molecule is O=C(c1ccncc1)N1Cc2c(-n3cc[nH]c3=O)nn(C(=O)O)c2C1. The largest absolute Gasteiger partial charge is 0.463 e. The van der Waals surface area contributed by atoms with E-state index >= 15 is 0 Å². The van der Waals surface area contributed by atoms with E-state index in [1.54, 1.807) is 12.1 Å². The fraction of sp³-hybridized carbons (Fsp3) is 0.133. The molecule has 25 heavy (non-hydrogen) atoms. The number of nitrogens with zero attached hydrogens (tertiary/aromatic N) is 5. The summed E-state index contributed by atoms with van der Waals surface area (Å²) in [4.78, 5) is 43.8. The van der Waals surface area contributed by atoms with Gasteiger partial charge in [0.15, 0.2) is 5.82 Å². The monoisotopic (exact) mass is 340 g/mol. The van der Waals surface area contributed by atoms with Crippen molar-refractivity contribution >= 4 is 12.0 Å². The van der Waals surface area contributed by atoms with Crippen molar-refractivity contribution in [3.8, 4) is 5.82 Å². The Hall–Kier alpha value is -3.69. The smallest absolute Gasteiger partial charge is 0.432 e. The fourth-order valence-corrected chi connectivity index (χ4v) is 2.88. The lowest BCUT2D eigenvalue weighted by Crippen LogP contribution is -2.27. The fourth-order valence-electron chi connectivity index (χ4n) is 2.88. The van der Waals surface area contributed by atoms with Crippen LogP contribution in [-0.4, -0.2) is 46.3 Å². The number of amides is 1. The first-order valence-electron chi connectivity index (χ1n) is 7.36. The van der Waals surface area contributed by atoms with Crippen LogP contribution in [0.15, 0.2) is 41.7 Å². The molecule has 3 aromatic heterocycles. The number of hydrogen-bond acceptors (Lipinski definition) is 5. The zero-order valence-electron chi connectivity index (χ0n) is 12.8. The highest BCUT2D eigenvalue weighted by Crippen LogP contribution is 2.28. The minimum atomic E-state index is -1.27. The highest BCUT2D eigenvalue weighted by molar-refractivity contribution is 5.94. The van der Waals surface area contributed by atoms with Crippen molar-refractivity contribution < 1.29 is 14.7 Å². The average molecular weight is 340 g/mol. The van der Waals surface area contributed by atoms with Crippen LogP contribution in [0.1, 0.15) is 21.6 Å². The number of hydrogen-bond donors (Lipinski definition) is 2. The van der Waals surface area contributed by atoms with Gasteiger partial charge in [-0.2, -0.15) is 4.68 Å². The van der Waals surface area contributed by atoms with E-state index in [1.807, 2.05) is 0 Å². The van der Waals surface area contributed by atoms with Crippen LogP contribution >= 0.6 is 0 Å². The molecule has 0 saturated heterocycles. The number of nitrogens with one attached hydrogen (secondary N) is 1. The predicted octanol–water partition coefficient (Wildman–Crippen LogP) is 0.439. The summed E-state index contributed by atoms with van der Waals surface area (Å²) in [5.74, 6) is -0.0448. The van der Waals surface area contributed by atoms with Gasteiger partial charge in [-0.05, 0) is 12.1 Å². The lowest BCUT2D eigenvalue weighted by molar-refractivity contribution is 0.0747. The molecule has 0 bridgehead atoms. The Bertz CT molecular complexity index is 1030. The van der Waals surface area contributed by atoms with E-state index in [0.29, 0.717) is 16.8 Å². The highest BCUT2D eigenvalue weighted by Gasteiger charge is 2.33. The Morgan fingerprint density at radius 3 is 2.60 bits per heavy atom. The number of carbonyl (C=O) groups is 2. The Kier molecular flexibility index (Phi) is 3.24. The Balaban J connectivity index is 1.76. The van der Waals surface area contributed by atoms with Gasteiger partial charge in [0.05, 0.1) is 18.8 Å². The van der Waals surface area contributed by atoms with Crippen molar-refractivity contribution in [2.45, 2.75) is 13.1 Å². The number of rotatable bonds is 2. The molecule has 0 spiro atoms. The van der Waals surface area contributed by atoms with Gasteiger partial charge < -0.3 is 15.0 Å². The van der Waals surface area contributed by atoms with Gasteiger partial charge in [-0.1, -0.05) is 0 Å². The van der Waals surface area contributed by atoms with Crippen LogP contribution in [0.5, 0.6) is 0 Å². The molecule has 1 amide bonds. The second-order valence-corrected chi connectivity index (χ2v) is 5.48. The third-order valence-electron chi connectivity index (χ3n) is 4.03. The van der Waals surface area contributed by atoms with E-state index in [9.17, 15) is 19.5 Å². The van der Waals surface area contributed by atoms with Crippen LogP contribution in [-0.2, 0) is 13.1 Å². The second-order valence-electron chi connectivity index (χ2n) is 5.48. The van der Waals surface area contributed by atoms with Gasteiger partial charge in [-0.15, -0.1) is 5.10 Å². The molecule has 2 N–H and O–H groups in total. The minimum Gasteiger partial charge on any atom is -0.463 e. The first-order chi connectivity index (χ1) is 12.1. The summed E-state index contributed by atoms with van der Waals surface area (Å²) in [5.41, 5.74) is 0.927. The summed E-state index contributed by atoms with van der Waals surface area (Å²) in [6, 6.07) is 3.18. The summed E-state index contributed by atoms with van der Waals surface area (Å²) in [6.07, 6.45) is 4.65. The maximum Gasteiger partial charge on any atom is 0.432 e. The van der Waals surface area contributed by atoms with Crippen molar-refractivity contribution in [2.75, 3.05) is 0 Å². The zero-order chi connectivity index (χ0) is 17.6. The van der Waals surface area contributed by atoms with Crippen LogP contribution in [0.2, 0.25) is 0 Å². The van der Waals surface area contributed by atoms with Crippen molar-refractivity contribution in [1.29, 1.82) is 0 Å². The molecular weight excluding hydrogens is 328 g/mol. The van der Waals surface area contributed by atoms with E-state index < -0.39 is 11.8 Å². The molecule has 4 rings (SSSR count). The summed E-state index contributed by atoms with van der Waals surface area (Å²) in [5, 5.41) is 13.4. The number of pyridine rings is 1. The molecule has 0 atom stereocenters. The zero-order valence-corrected chi connectivity index (χ0v) is 12.8. The molecule has 0 unspecified atom stereocenters. The molecule has 126 valence electrons. The summed E-state index contributed by atoms with van der Waals surface area (Å²) >= 11 is 0. The van der Waals surface area contributed by atoms with Gasteiger partial charge in [-0.3, -0.25) is 9.78 Å². The molecular formula is C15H12N6O4. The van der Waals surface area contributed by atoms with Crippen LogP contribution in [0, 0.1) is 0 Å². The van der Waals surface area contributed by atoms with Crippen molar-refractivity contribution in [3.63, 3.8) is 0 Å². The number of aromatic nitrogens is 5. The number of imidazole rings is 1. The van der Waals surface area contributed by atoms with Gasteiger partial charge in [0.2, 0.25) is 0 Å². The second kappa shape index (κ2) is 5.44. The molecule has 0 saturated carbocycles. The first kappa shape index (κ1) is 14.9. The normalized spacial score (nSPS) is 13.0. The quantitative estimate of drug-likeness (QED) is 0.697. The van der Waals surface area contributed by atoms with E-state index in [2.05, 4.69) is 15.1 Å². The maximum absolute atomic E-state index is 12.6. The van der Waals surface area contributed by atoms with Gasteiger partial charge in [0, 0.05) is 35.9 Å². The van der Waals surface area contributed by atoms with E-state index in [-0.39, 0.29) is 24.8 Å². The van der Waals surface area contributed by atoms with Crippen LogP contribution < -0.4 is 5.69 Å². The average Bonchev–Trinajstić information content (AvgIpc) is 3.29. The number of H-pyrrole nitrogens is 1. The van der Waals surface area contributed by atoms with E-state index in [1.165, 1.54) is 34.3 Å². The molecule has 10 heteroatoms. The Morgan fingerprint density at radius 1 is 1.20 bits per heavy atom. The number of carboxylic acid groups (broad SMARTS) is 1. The minimum absolute atomic E-state index is 0.0922. The lowest BCUT2D eigenvalue weighted by Gasteiger charge is -2.16. The third-order valence-corrected chi connectivity index (χ3v) is 4.03. The molecule has 0 aliphatic carbocycles. The van der Waals surface area contributed by atoms with E-state index in [0.717, 1.165) is 4.68 Å². The molecule has 3 aromatic rings. The van der Waals surface area contributed by atoms with Crippen molar-refractivity contribution in [2.24, 2.45) is 0 Å². The molecule has 10 nitrogen and oxygen atoms in total. The van der Waals surface area contributed by atoms with Crippen LogP contribution in [0.4, 0.5) is 4.79 Å². The lowest BCUT2D eigenvalue weighted by atomic mass is 10.2. The summed E-state index contributed by atoms with van der Waals surface area (Å²) < 4.78 is 2.03. The van der Waals surface area contributed by atoms with E-state index in [4.69, 9.17) is 0 Å². The van der Waals surface area contributed by atoms with Crippen LogP contribution in [0.25, 0.3) is 5.82 Å². The Labute approximate surface area is 140 Å². The number of carbonyl (C=O) groups excluding carboxylic acids is 1. The van der Waals surface area contributed by atoms with Gasteiger partial charge in [0.25, 0.3) is 5.91 Å². The van der Waals surface area contributed by atoms with Crippen molar-refractivity contribution in [3.05, 3.63) is 64.2 Å². The maximum atomic E-state index is 12.6. The molecule has 1 aliphatic rings. The third kappa shape index (κ3) is 2.31. The Morgan fingerprint density at radius 2 is 1.96 bits per heavy atom. The topological polar surface area (TPSA) is 126 Å². The highest BCUT2D eigenvalue weighted by atomic mass is 16.4. The van der Waals surface area contributed by atoms with Gasteiger partial charge in [-0.25, -0.2) is 14.2 Å². The molecule has 0 fully saturated rings. The molecule has 1 aliphatic heterocycles. The van der Waals surface area contributed by atoms with Crippen molar-refractivity contribution in [1.82, 2.24) is 29.2 Å². The number of aromatic amines is 1. The molecule has 4 heterocycles. The number of fused-ring (bicyclic) bond motifs is 1. The molecule has 0 aromatic carbocycles. The first-order valence-corrected chi connectivity index (χ1v) is 7.36. The van der Waals surface area contributed by atoms with Gasteiger partial charge >= 0.3 is 11.8 Å². The summed E-state index contributed by atoms with van der Waals surface area (Å²) in [6.45, 7) is 0.256. The summed E-state index contributed by atoms with van der Waals surface area (Å²) in [7, 11) is 0. The van der Waals surface area contributed by atoms with Gasteiger partial charge in [0.1, 0.15) is 0 Å². The predicted molar refractivity (Wildman–Crippen MR) is 83.4 cm³/mol. The molecule has 0 radical (unpaired) electrons. The standard InChI is InChI=1S/C15H12N6O4/c22-13(9-1-3-16-4-2-9)19-7-10-11(8-19)21(15(24)25)18-12(10)20-6-5-17-14(20)23/h1-6H,7-8H2,(H,17,23)(H,24,25). The van der Waals surface area contributed by atoms with Crippen LogP contribution in [0.3, 0.4) is 0 Å².